The van der Waals surface area contributed by atoms with Gasteiger partial charge in [-0.2, -0.15) is 0 Å². The van der Waals surface area contributed by atoms with E-state index in [1.165, 1.54) is 6.26 Å². The minimum absolute atomic E-state index is 0.135. The molecule has 7 nitrogen and oxygen atoms in total. The molecule has 1 aliphatic heterocycles. The maximum atomic E-state index is 12.4. The summed E-state index contributed by atoms with van der Waals surface area (Å²) >= 11 is 0. The number of anilines is 1. The number of amides is 2. The maximum Gasteiger partial charge on any atom is 0.291 e. The molecule has 0 saturated carbocycles. The van der Waals surface area contributed by atoms with E-state index in [1.54, 1.807) is 24.3 Å². The number of aryl methyl sites for hydroxylation is 1. The number of benzene rings is 1. The Balaban J connectivity index is 1.51. The number of hydrogen-bond donors (Lipinski definition) is 3. The molecule has 144 valence electrons. The molecule has 1 saturated heterocycles. The molecule has 1 aromatic carbocycles. The van der Waals surface area contributed by atoms with E-state index >= 15 is 0 Å². The molecule has 0 atom stereocenters. The lowest BCUT2D eigenvalue weighted by atomic mass is 10.1. The third-order valence-electron chi connectivity index (χ3n) is 4.64. The first-order chi connectivity index (χ1) is 13.1. The van der Waals surface area contributed by atoms with Crippen LogP contribution in [-0.2, 0) is 0 Å². The minimum atomic E-state index is -0.336. The molecule has 0 radical (unpaired) electrons. The number of carbonyl (C=O) groups excluding carboxylic acids is 2. The Morgan fingerprint density at radius 3 is 2.74 bits per heavy atom. The van der Waals surface area contributed by atoms with E-state index in [9.17, 15) is 9.59 Å². The van der Waals surface area contributed by atoms with E-state index in [1.807, 2.05) is 13.0 Å². The van der Waals surface area contributed by atoms with Gasteiger partial charge in [0.05, 0.1) is 6.26 Å². The zero-order chi connectivity index (χ0) is 19.1. The average molecular weight is 370 g/mol. The topological polar surface area (TPSA) is 86.6 Å². The van der Waals surface area contributed by atoms with E-state index in [4.69, 9.17) is 4.42 Å². The molecule has 0 aliphatic carbocycles. The lowest BCUT2D eigenvalue weighted by molar-refractivity contribution is 0.0949. The molecule has 1 fully saturated rings. The fourth-order valence-electron chi connectivity index (χ4n) is 3.03. The number of furan rings is 1. The van der Waals surface area contributed by atoms with Crippen molar-refractivity contribution in [3.8, 4) is 0 Å². The van der Waals surface area contributed by atoms with Crippen LogP contribution in [0.15, 0.2) is 41.0 Å². The van der Waals surface area contributed by atoms with Crippen LogP contribution in [0.4, 0.5) is 5.69 Å². The number of nitrogens with one attached hydrogen (secondary N) is 3. The van der Waals surface area contributed by atoms with Gasteiger partial charge in [0.1, 0.15) is 0 Å². The van der Waals surface area contributed by atoms with Crippen molar-refractivity contribution in [3.05, 3.63) is 53.5 Å². The van der Waals surface area contributed by atoms with E-state index < -0.39 is 0 Å². The van der Waals surface area contributed by atoms with E-state index in [2.05, 4.69) is 20.9 Å². The lowest BCUT2D eigenvalue weighted by Gasteiger charge is -2.27. The first-order valence-corrected chi connectivity index (χ1v) is 9.30. The van der Waals surface area contributed by atoms with Gasteiger partial charge in [-0.25, -0.2) is 0 Å². The zero-order valence-corrected chi connectivity index (χ0v) is 15.6. The third-order valence-corrected chi connectivity index (χ3v) is 4.64. The fourth-order valence-corrected chi connectivity index (χ4v) is 3.03. The van der Waals surface area contributed by atoms with Crippen LogP contribution in [0.3, 0.4) is 0 Å². The van der Waals surface area contributed by atoms with Crippen LogP contribution in [0.2, 0.25) is 0 Å². The highest BCUT2D eigenvalue weighted by atomic mass is 16.3. The number of piperazine rings is 1. The molecule has 0 bridgehead atoms. The van der Waals surface area contributed by atoms with E-state index in [0.717, 1.165) is 44.7 Å². The van der Waals surface area contributed by atoms with Crippen molar-refractivity contribution in [2.75, 3.05) is 44.6 Å². The first kappa shape index (κ1) is 19.1. The molecule has 2 aromatic rings. The van der Waals surface area contributed by atoms with Gasteiger partial charge in [-0.15, -0.1) is 0 Å². The SMILES string of the molecule is Cc1ccc(C(=O)NCCCN2CCNCC2)cc1NC(=O)c1ccco1. The zero-order valence-electron chi connectivity index (χ0n) is 15.6. The normalized spacial score (nSPS) is 14.7. The van der Waals surface area contributed by atoms with Crippen molar-refractivity contribution < 1.29 is 14.0 Å². The first-order valence-electron chi connectivity index (χ1n) is 9.30. The summed E-state index contributed by atoms with van der Waals surface area (Å²) in [6.07, 6.45) is 2.37. The van der Waals surface area contributed by atoms with Crippen LogP contribution < -0.4 is 16.0 Å². The molecule has 27 heavy (non-hydrogen) atoms. The summed E-state index contributed by atoms with van der Waals surface area (Å²) in [4.78, 5) is 27.0. The second kappa shape index (κ2) is 9.34. The molecule has 7 heteroatoms. The molecular weight excluding hydrogens is 344 g/mol. The predicted molar refractivity (Wildman–Crippen MR) is 104 cm³/mol. The highest BCUT2D eigenvalue weighted by Crippen LogP contribution is 2.18. The van der Waals surface area contributed by atoms with Crippen LogP contribution in [0.1, 0.15) is 32.9 Å². The summed E-state index contributed by atoms with van der Waals surface area (Å²) in [5.41, 5.74) is 2.01. The third kappa shape index (κ3) is 5.42. The molecule has 2 amide bonds. The largest absolute Gasteiger partial charge is 0.459 e. The van der Waals surface area contributed by atoms with Crippen molar-refractivity contribution in [1.82, 2.24) is 15.5 Å². The second-order valence-corrected chi connectivity index (χ2v) is 6.66. The molecule has 0 unspecified atom stereocenters. The van der Waals surface area contributed by atoms with Gasteiger partial charge < -0.3 is 25.3 Å². The van der Waals surface area contributed by atoms with E-state index in [0.29, 0.717) is 17.8 Å². The van der Waals surface area contributed by atoms with Gasteiger partial charge in [0.25, 0.3) is 11.8 Å². The number of rotatable bonds is 7. The van der Waals surface area contributed by atoms with Gasteiger partial charge in [-0.1, -0.05) is 6.07 Å². The van der Waals surface area contributed by atoms with Crippen molar-refractivity contribution in [3.63, 3.8) is 0 Å². The molecular formula is C20H26N4O3. The molecule has 1 aliphatic rings. The van der Waals surface area contributed by atoms with Crippen LogP contribution in [0.25, 0.3) is 0 Å². The molecule has 0 spiro atoms. The van der Waals surface area contributed by atoms with Crippen LogP contribution >= 0.6 is 0 Å². The van der Waals surface area contributed by atoms with Crippen molar-refractivity contribution in [2.45, 2.75) is 13.3 Å². The molecule has 1 aromatic heterocycles. The quantitative estimate of drug-likeness (QED) is 0.648. The van der Waals surface area contributed by atoms with Crippen molar-refractivity contribution in [2.24, 2.45) is 0 Å². The highest BCUT2D eigenvalue weighted by molar-refractivity contribution is 6.03. The molecule has 3 N–H and O–H groups in total. The highest BCUT2D eigenvalue weighted by Gasteiger charge is 2.13. The minimum Gasteiger partial charge on any atom is -0.459 e. The van der Waals surface area contributed by atoms with Gasteiger partial charge in [0, 0.05) is 44.0 Å². The maximum absolute atomic E-state index is 12.4. The number of nitrogens with zero attached hydrogens (tertiary/aromatic N) is 1. The summed E-state index contributed by atoms with van der Waals surface area (Å²) in [7, 11) is 0. The van der Waals surface area contributed by atoms with Crippen molar-refractivity contribution in [1.29, 1.82) is 0 Å². The second-order valence-electron chi connectivity index (χ2n) is 6.66. The molecule has 3 rings (SSSR count). The Bertz CT molecular complexity index is 768. The van der Waals surface area contributed by atoms with E-state index in [-0.39, 0.29) is 17.6 Å². The summed E-state index contributed by atoms with van der Waals surface area (Å²) in [6, 6.07) is 8.55. The predicted octanol–water partition coefficient (Wildman–Crippen LogP) is 1.87. The Morgan fingerprint density at radius 1 is 1.19 bits per heavy atom. The summed E-state index contributed by atoms with van der Waals surface area (Å²) in [5.74, 6) is -0.238. The van der Waals surface area contributed by atoms with Crippen LogP contribution in [0.5, 0.6) is 0 Å². The van der Waals surface area contributed by atoms with Gasteiger partial charge in [-0.3, -0.25) is 9.59 Å². The van der Waals surface area contributed by atoms with Crippen LogP contribution in [-0.4, -0.2) is 56.0 Å². The fraction of sp³-hybridized carbons (Fsp3) is 0.400. The number of carbonyl (C=O) groups is 2. The van der Waals surface area contributed by atoms with Gasteiger partial charge in [0.15, 0.2) is 5.76 Å². The van der Waals surface area contributed by atoms with Crippen LogP contribution in [0, 0.1) is 6.92 Å². The van der Waals surface area contributed by atoms with Gasteiger partial charge in [0.2, 0.25) is 0 Å². The monoisotopic (exact) mass is 370 g/mol. The van der Waals surface area contributed by atoms with Crippen molar-refractivity contribution >= 4 is 17.5 Å². The Kier molecular flexibility index (Phi) is 6.62. The van der Waals surface area contributed by atoms with Gasteiger partial charge >= 0.3 is 0 Å². The lowest BCUT2D eigenvalue weighted by Crippen LogP contribution is -2.44. The Labute approximate surface area is 159 Å². The summed E-state index contributed by atoms with van der Waals surface area (Å²) in [5, 5.41) is 9.08. The summed E-state index contributed by atoms with van der Waals surface area (Å²) in [6.45, 7) is 7.68. The summed E-state index contributed by atoms with van der Waals surface area (Å²) < 4.78 is 5.10. The Hall–Kier alpha value is -2.64. The Morgan fingerprint density at radius 2 is 2.00 bits per heavy atom. The van der Waals surface area contributed by atoms with Gasteiger partial charge in [-0.05, 0) is 49.7 Å². The smallest absolute Gasteiger partial charge is 0.291 e. The standard InChI is InChI=1S/C20H26N4O3/c1-15-5-6-16(14-17(15)23-20(26)18-4-2-13-27-18)19(25)22-7-3-10-24-11-8-21-9-12-24/h2,4-6,13-14,21H,3,7-12H2,1H3,(H,22,25)(H,23,26). The molecule has 2 heterocycles. The average Bonchev–Trinajstić information content (AvgIpc) is 3.22. The number of hydrogen-bond acceptors (Lipinski definition) is 5.